The molecule has 0 unspecified atom stereocenters. The van der Waals surface area contributed by atoms with Gasteiger partial charge in [0.2, 0.25) is 10.0 Å². The van der Waals surface area contributed by atoms with E-state index < -0.39 is 10.0 Å². The van der Waals surface area contributed by atoms with Crippen LogP contribution in [0, 0.1) is 0 Å². The molecule has 0 spiro atoms. The first-order valence-corrected chi connectivity index (χ1v) is 12.2. The van der Waals surface area contributed by atoms with E-state index >= 15 is 0 Å². The van der Waals surface area contributed by atoms with Crippen LogP contribution in [-0.4, -0.2) is 31.2 Å². The summed E-state index contributed by atoms with van der Waals surface area (Å²) >= 11 is 0. The average molecular weight is 477 g/mol. The molecule has 0 aliphatic heterocycles. The van der Waals surface area contributed by atoms with Crippen LogP contribution in [0.2, 0.25) is 0 Å². The highest BCUT2D eigenvalue weighted by Gasteiger charge is 2.19. The third-order valence-corrected chi connectivity index (χ3v) is 5.87. The number of carbonyl (C=O) groups is 1. The first-order valence-electron chi connectivity index (χ1n) is 10.5. The number of anilines is 1. The van der Waals surface area contributed by atoms with Gasteiger partial charge in [-0.2, -0.15) is 5.10 Å². The fourth-order valence-electron chi connectivity index (χ4n) is 3.52. The van der Waals surface area contributed by atoms with Crippen LogP contribution >= 0.6 is 0 Å². The fraction of sp³-hybridized carbons (Fsp3) is 0.120. The van der Waals surface area contributed by atoms with Gasteiger partial charge in [-0.15, -0.1) is 0 Å². The summed E-state index contributed by atoms with van der Waals surface area (Å²) in [4.78, 5) is 13.2. The molecule has 3 aromatic carbocycles. The lowest BCUT2D eigenvalue weighted by Crippen LogP contribution is -2.15. The minimum absolute atomic E-state index is 0.269. The molecule has 0 bridgehead atoms. The third-order valence-electron chi connectivity index (χ3n) is 5.14. The summed E-state index contributed by atoms with van der Waals surface area (Å²) in [5, 5.41) is 12.6. The van der Waals surface area contributed by atoms with Gasteiger partial charge < -0.3 is 10.1 Å². The topological polar surface area (TPSA) is 116 Å². The predicted molar refractivity (Wildman–Crippen MR) is 131 cm³/mol. The molecule has 1 amide bonds. The smallest absolute Gasteiger partial charge is 0.259 e. The second-order valence-electron chi connectivity index (χ2n) is 7.76. The fourth-order valence-corrected chi connectivity index (χ4v) is 4.17. The van der Waals surface area contributed by atoms with E-state index in [-0.39, 0.29) is 11.7 Å². The van der Waals surface area contributed by atoms with E-state index in [0.29, 0.717) is 34.8 Å². The molecule has 3 N–H and O–H groups in total. The molecule has 0 aliphatic carbocycles. The highest BCUT2D eigenvalue weighted by atomic mass is 32.2. The lowest BCUT2D eigenvalue weighted by molar-refractivity contribution is 0.102. The second kappa shape index (κ2) is 9.90. The van der Waals surface area contributed by atoms with Crippen molar-refractivity contribution in [3.05, 3.63) is 102 Å². The van der Waals surface area contributed by atoms with Crippen LogP contribution in [0.5, 0.6) is 5.75 Å². The Kier molecular flexibility index (Phi) is 6.76. The Morgan fingerprint density at radius 1 is 0.971 bits per heavy atom. The van der Waals surface area contributed by atoms with E-state index in [2.05, 4.69) is 10.4 Å². The number of nitrogens with two attached hydrogens (primary N) is 1. The van der Waals surface area contributed by atoms with Gasteiger partial charge in [-0.05, 0) is 47.5 Å². The Morgan fingerprint density at radius 2 is 1.65 bits per heavy atom. The van der Waals surface area contributed by atoms with Crippen LogP contribution in [0.4, 0.5) is 5.69 Å². The Balaban J connectivity index is 1.62. The van der Waals surface area contributed by atoms with Gasteiger partial charge in [-0.25, -0.2) is 13.6 Å². The zero-order valence-corrected chi connectivity index (χ0v) is 19.3. The van der Waals surface area contributed by atoms with E-state index in [1.54, 1.807) is 42.3 Å². The van der Waals surface area contributed by atoms with Crippen molar-refractivity contribution in [1.82, 2.24) is 9.78 Å². The molecule has 1 heterocycles. The number of rotatable bonds is 8. The van der Waals surface area contributed by atoms with Crippen LogP contribution in [0.1, 0.15) is 21.5 Å². The van der Waals surface area contributed by atoms with Crippen LogP contribution in [-0.2, 0) is 22.3 Å². The molecule has 0 fully saturated rings. The number of primary sulfonamides is 1. The van der Waals surface area contributed by atoms with Crippen LogP contribution in [0.15, 0.2) is 85.1 Å². The van der Waals surface area contributed by atoms with Gasteiger partial charge in [-0.1, -0.05) is 42.5 Å². The van der Waals surface area contributed by atoms with Gasteiger partial charge >= 0.3 is 0 Å². The molecular weight excluding hydrogens is 452 g/mol. The van der Waals surface area contributed by atoms with Crippen molar-refractivity contribution in [3.8, 4) is 17.0 Å². The number of methoxy groups -OCH3 is 1. The molecule has 8 nitrogen and oxygen atoms in total. The molecule has 0 saturated heterocycles. The van der Waals surface area contributed by atoms with Crippen molar-refractivity contribution in [3.63, 3.8) is 0 Å². The SMILES string of the molecule is COc1ccc(-c2nn(Cc3ccccc3)cc2C(=O)Nc2ccc(CS(N)(=O)=O)cc2)cc1. The molecule has 1 aromatic heterocycles. The maximum atomic E-state index is 13.2. The number of benzene rings is 3. The number of hydrogen-bond acceptors (Lipinski definition) is 5. The summed E-state index contributed by atoms with van der Waals surface area (Å²) in [6, 6.07) is 23.7. The van der Waals surface area contributed by atoms with E-state index in [1.165, 1.54) is 0 Å². The normalized spacial score (nSPS) is 11.2. The lowest BCUT2D eigenvalue weighted by Gasteiger charge is -2.07. The average Bonchev–Trinajstić information content (AvgIpc) is 3.24. The molecule has 4 rings (SSSR count). The zero-order chi connectivity index (χ0) is 24.1. The van der Waals surface area contributed by atoms with Gasteiger partial charge in [0.15, 0.2) is 0 Å². The minimum Gasteiger partial charge on any atom is -0.497 e. The number of nitrogens with zero attached hydrogens (tertiary/aromatic N) is 2. The van der Waals surface area contributed by atoms with E-state index in [1.807, 2.05) is 54.6 Å². The zero-order valence-electron chi connectivity index (χ0n) is 18.5. The van der Waals surface area contributed by atoms with E-state index in [4.69, 9.17) is 9.88 Å². The Labute approximate surface area is 198 Å². The molecule has 9 heteroatoms. The number of aromatic nitrogens is 2. The summed E-state index contributed by atoms with van der Waals surface area (Å²) in [5.41, 5.74) is 3.86. The Hall–Kier alpha value is -3.95. The van der Waals surface area contributed by atoms with Crippen molar-refractivity contribution in [1.29, 1.82) is 0 Å². The van der Waals surface area contributed by atoms with Crippen LogP contribution in [0.3, 0.4) is 0 Å². The minimum atomic E-state index is -3.63. The van der Waals surface area contributed by atoms with Crippen molar-refractivity contribution in [2.24, 2.45) is 5.14 Å². The maximum Gasteiger partial charge on any atom is 0.259 e. The quantitative estimate of drug-likeness (QED) is 0.403. The highest BCUT2D eigenvalue weighted by molar-refractivity contribution is 7.88. The number of nitrogens with one attached hydrogen (secondary N) is 1. The van der Waals surface area contributed by atoms with Gasteiger partial charge in [-0.3, -0.25) is 9.48 Å². The molecule has 0 atom stereocenters. The molecule has 34 heavy (non-hydrogen) atoms. The molecule has 0 aliphatic rings. The van der Waals surface area contributed by atoms with Crippen molar-refractivity contribution in [2.45, 2.75) is 12.3 Å². The monoisotopic (exact) mass is 476 g/mol. The van der Waals surface area contributed by atoms with E-state index in [9.17, 15) is 13.2 Å². The summed E-state index contributed by atoms with van der Waals surface area (Å²) in [6.45, 7) is 0.513. The molecule has 174 valence electrons. The maximum absolute atomic E-state index is 13.2. The van der Waals surface area contributed by atoms with Crippen molar-refractivity contribution in [2.75, 3.05) is 12.4 Å². The second-order valence-corrected chi connectivity index (χ2v) is 9.38. The highest BCUT2D eigenvalue weighted by Crippen LogP contribution is 2.26. The lowest BCUT2D eigenvalue weighted by atomic mass is 10.1. The van der Waals surface area contributed by atoms with Gasteiger partial charge in [0.25, 0.3) is 5.91 Å². The molecule has 0 saturated carbocycles. The molecule has 0 radical (unpaired) electrons. The standard InChI is InChI=1S/C25H24N4O4S/c1-33-22-13-9-20(10-14-22)24-23(16-29(28-24)15-18-5-3-2-4-6-18)25(30)27-21-11-7-19(8-12-21)17-34(26,31)32/h2-14,16H,15,17H2,1H3,(H,27,30)(H2,26,31,32). The van der Waals surface area contributed by atoms with Crippen molar-refractivity contribution < 1.29 is 17.9 Å². The number of ether oxygens (including phenoxy) is 1. The number of carbonyl (C=O) groups excluding carboxylic acids is 1. The summed E-state index contributed by atoms with van der Waals surface area (Å²) in [5.74, 6) is 0.108. The number of hydrogen-bond donors (Lipinski definition) is 2. The first-order chi connectivity index (χ1) is 16.3. The summed E-state index contributed by atoms with van der Waals surface area (Å²) in [6.07, 6.45) is 1.72. The van der Waals surface area contributed by atoms with Gasteiger partial charge in [0.1, 0.15) is 11.4 Å². The van der Waals surface area contributed by atoms with Crippen molar-refractivity contribution >= 4 is 21.6 Å². The van der Waals surface area contributed by atoms with E-state index in [0.717, 1.165) is 11.1 Å². The first kappa shape index (κ1) is 23.2. The van der Waals surface area contributed by atoms with Crippen LogP contribution in [0.25, 0.3) is 11.3 Å². The molecule has 4 aromatic rings. The third kappa shape index (κ3) is 5.89. The van der Waals surface area contributed by atoms with Gasteiger partial charge in [0.05, 0.1) is 25.0 Å². The van der Waals surface area contributed by atoms with Gasteiger partial charge in [0, 0.05) is 17.4 Å². The number of sulfonamides is 1. The predicted octanol–water partition coefficient (Wildman–Crippen LogP) is 3.65. The number of amides is 1. The molecular formula is C25H24N4O4S. The summed E-state index contributed by atoms with van der Waals surface area (Å²) in [7, 11) is -2.03. The Bertz CT molecular complexity index is 1380. The summed E-state index contributed by atoms with van der Waals surface area (Å²) < 4.78 is 29.5. The van der Waals surface area contributed by atoms with Crippen LogP contribution < -0.4 is 15.2 Å². The largest absolute Gasteiger partial charge is 0.497 e. The Morgan fingerprint density at radius 3 is 2.26 bits per heavy atom.